The zero-order chi connectivity index (χ0) is 27.6. The number of benzene rings is 1. The molecule has 1 aromatic carbocycles. The Hall–Kier alpha value is -3.57. The number of pyridine rings is 1. The number of thiophene rings is 1. The number of nitrogens with zero attached hydrogens (tertiary/aromatic N) is 2. The van der Waals surface area contributed by atoms with Gasteiger partial charge in [0, 0.05) is 42.2 Å². The van der Waals surface area contributed by atoms with E-state index in [1.165, 1.54) is 22.0 Å². The molecule has 3 N–H and O–H groups in total. The number of alkyl halides is 3. The molecule has 7 nitrogen and oxygen atoms in total. The summed E-state index contributed by atoms with van der Waals surface area (Å²) >= 11 is 1.25. The zero-order valence-corrected chi connectivity index (χ0v) is 22.1. The van der Waals surface area contributed by atoms with Gasteiger partial charge in [-0.2, -0.15) is 13.2 Å². The summed E-state index contributed by atoms with van der Waals surface area (Å²) < 4.78 is 43.5. The van der Waals surface area contributed by atoms with Gasteiger partial charge in [0.15, 0.2) is 0 Å². The summed E-state index contributed by atoms with van der Waals surface area (Å²) in [5.41, 5.74) is -0.136. The zero-order valence-electron chi connectivity index (χ0n) is 21.3. The first-order valence-electron chi connectivity index (χ1n) is 12.2. The molecule has 0 spiro atoms. The second kappa shape index (κ2) is 9.02. The predicted octanol–water partition coefficient (Wildman–Crippen LogP) is 5.29. The van der Waals surface area contributed by atoms with E-state index in [4.69, 9.17) is 0 Å². The fraction of sp³-hybridized carbons (Fsp3) is 0.333. The number of para-hydroxylation sites is 1. The molecule has 0 fully saturated rings. The molecule has 0 bridgehead atoms. The first-order chi connectivity index (χ1) is 17.8. The largest absolute Gasteiger partial charge is 0.418 e. The summed E-state index contributed by atoms with van der Waals surface area (Å²) in [5.74, 6) is -0.372. The van der Waals surface area contributed by atoms with Crippen LogP contribution in [0.15, 0.2) is 41.3 Å². The average molecular weight is 545 g/mol. The molecule has 38 heavy (non-hydrogen) atoms. The SMILES string of the molecule is CCNC(=O)c1cc2c(-c3sc(C(C)(C)O)cc3N3CCc4cccc(C(F)(F)F)c43)cn(C)c(=O)c2[nH]1. The van der Waals surface area contributed by atoms with E-state index < -0.39 is 17.3 Å². The quantitative estimate of drug-likeness (QED) is 0.319. The van der Waals surface area contributed by atoms with Gasteiger partial charge in [0.25, 0.3) is 11.5 Å². The molecular formula is C27H27F3N4O3S. The van der Waals surface area contributed by atoms with E-state index in [0.29, 0.717) is 51.5 Å². The fourth-order valence-corrected chi connectivity index (χ4v) is 6.08. The Kier molecular flexibility index (Phi) is 6.18. The highest BCUT2D eigenvalue weighted by molar-refractivity contribution is 7.16. The summed E-state index contributed by atoms with van der Waals surface area (Å²) in [7, 11) is 1.58. The van der Waals surface area contributed by atoms with E-state index >= 15 is 0 Å². The molecule has 4 heterocycles. The number of carbonyl (C=O) groups excluding carboxylic acids is 1. The number of aromatic nitrogens is 2. The van der Waals surface area contributed by atoms with Gasteiger partial charge in [-0.05, 0) is 51.0 Å². The molecule has 200 valence electrons. The van der Waals surface area contributed by atoms with E-state index in [-0.39, 0.29) is 28.4 Å². The number of anilines is 2. The van der Waals surface area contributed by atoms with Crippen molar-refractivity contribution in [2.45, 2.75) is 39.0 Å². The first-order valence-corrected chi connectivity index (χ1v) is 13.0. The number of halogens is 3. The number of rotatable bonds is 5. The molecule has 0 saturated heterocycles. The molecule has 1 aliphatic heterocycles. The van der Waals surface area contributed by atoms with Crippen molar-refractivity contribution < 1.29 is 23.1 Å². The van der Waals surface area contributed by atoms with Crippen LogP contribution in [0.3, 0.4) is 0 Å². The molecule has 0 saturated carbocycles. The Morgan fingerprint density at radius 3 is 2.63 bits per heavy atom. The lowest BCUT2D eigenvalue weighted by Gasteiger charge is -2.24. The molecule has 1 amide bonds. The summed E-state index contributed by atoms with van der Waals surface area (Å²) in [6.45, 7) is 5.74. The molecule has 0 unspecified atom stereocenters. The van der Waals surface area contributed by atoms with Crippen LogP contribution in [0, 0.1) is 0 Å². The molecular weight excluding hydrogens is 517 g/mol. The number of fused-ring (bicyclic) bond motifs is 2. The van der Waals surface area contributed by atoms with Crippen molar-refractivity contribution in [1.29, 1.82) is 0 Å². The van der Waals surface area contributed by atoms with Crippen molar-refractivity contribution in [2.75, 3.05) is 18.0 Å². The Morgan fingerprint density at radius 1 is 1.24 bits per heavy atom. The number of aromatic amines is 1. The van der Waals surface area contributed by atoms with E-state index in [0.717, 1.165) is 6.07 Å². The number of nitrogens with one attached hydrogen (secondary N) is 2. The summed E-state index contributed by atoms with van der Waals surface area (Å²) in [6.07, 6.45) is -2.49. The first kappa shape index (κ1) is 26.1. The van der Waals surface area contributed by atoms with Crippen molar-refractivity contribution in [3.63, 3.8) is 0 Å². The van der Waals surface area contributed by atoms with E-state index in [1.54, 1.807) is 57.1 Å². The molecule has 5 rings (SSSR count). The van der Waals surface area contributed by atoms with E-state index in [2.05, 4.69) is 10.3 Å². The lowest BCUT2D eigenvalue weighted by Crippen LogP contribution is -2.23. The smallest absolute Gasteiger partial charge is 0.385 e. The van der Waals surface area contributed by atoms with Gasteiger partial charge in [0.1, 0.15) is 11.2 Å². The van der Waals surface area contributed by atoms with Gasteiger partial charge < -0.3 is 24.9 Å². The van der Waals surface area contributed by atoms with Crippen LogP contribution in [0.25, 0.3) is 21.3 Å². The van der Waals surface area contributed by atoms with Gasteiger partial charge >= 0.3 is 6.18 Å². The topological polar surface area (TPSA) is 90.4 Å². The number of H-pyrrole nitrogens is 1. The monoisotopic (exact) mass is 544 g/mol. The van der Waals surface area contributed by atoms with E-state index in [1.807, 2.05) is 0 Å². The molecule has 0 atom stereocenters. The van der Waals surface area contributed by atoms with Crippen LogP contribution in [-0.4, -0.2) is 33.7 Å². The molecule has 0 radical (unpaired) electrons. The Labute approximate surface area is 220 Å². The van der Waals surface area contributed by atoms with Crippen molar-refractivity contribution in [2.24, 2.45) is 7.05 Å². The molecule has 11 heteroatoms. The van der Waals surface area contributed by atoms with Crippen molar-refractivity contribution in [1.82, 2.24) is 14.9 Å². The molecule has 0 aliphatic carbocycles. The van der Waals surface area contributed by atoms with E-state index in [9.17, 15) is 27.9 Å². The Balaban J connectivity index is 1.79. The van der Waals surface area contributed by atoms with Gasteiger partial charge in [-0.3, -0.25) is 9.59 Å². The maximum atomic E-state index is 14.1. The third-order valence-corrected chi connectivity index (χ3v) is 8.17. The Bertz CT molecular complexity index is 1630. The standard InChI is InChI=1S/C27H27F3N4O3S/c1-5-31-24(35)18-11-15-16(13-33(4)25(36)21(15)32-18)23-19(12-20(38-23)26(2,3)37)34-10-9-14-7-6-8-17(22(14)34)27(28,29)30/h6-8,11-13,32,37H,5,9-10H2,1-4H3,(H,31,35). The van der Waals surface area contributed by atoms with Crippen LogP contribution in [0.2, 0.25) is 0 Å². The second-order valence-corrected chi connectivity index (χ2v) is 10.9. The van der Waals surface area contributed by atoms with Crippen molar-refractivity contribution in [3.8, 4) is 10.4 Å². The van der Waals surface area contributed by atoms with Gasteiger partial charge in [-0.15, -0.1) is 11.3 Å². The van der Waals surface area contributed by atoms with Gasteiger partial charge in [-0.25, -0.2) is 0 Å². The lowest BCUT2D eigenvalue weighted by atomic mass is 10.0. The number of hydrogen-bond donors (Lipinski definition) is 3. The average Bonchev–Trinajstić information content (AvgIpc) is 3.56. The molecule has 1 aliphatic rings. The minimum absolute atomic E-state index is 0.0968. The van der Waals surface area contributed by atoms with Crippen LogP contribution < -0.4 is 15.8 Å². The number of carbonyl (C=O) groups is 1. The van der Waals surface area contributed by atoms with Crippen LogP contribution >= 0.6 is 11.3 Å². The normalized spacial score (nSPS) is 13.8. The van der Waals surface area contributed by atoms with Crippen LogP contribution in [0.5, 0.6) is 0 Å². The lowest BCUT2D eigenvalue weighted by molar-refractivity contribution is -0.137. The van der Waals surface area contributed by atoms with Crippen LogP contribution in [0.4, 0.5) is 24.5 Å². The van der Waals surface area contributed by atoms with Gasteiger partial charge in [0.05, 0.1) is 27.4 Å². The molecule has 4 aromatic rings. The van der Waals surface area contributed by atoms with Crippen molar-refractivity contribution >= 4 is 39.5 Å². The number of amides is 1. The number of hydrogen-bond acceptors (Lipinski definition) is 5. The highest BCUT2D eigenvalue weighted by Gasteiger charge is 2.39. The van der Waals surface area contributed by atoms with Gasteiger partial charge in [0.2, 0.25) is 0 Å². The maximum Gasteiger partial charge on any atom is 0.418 e. The second-order valence-electron chi connectivity index (χ2n) is 9.89. The molecule has 3 aromatic heterocycles. The Morgan fingerprint density at radius 2 is 1.97 bits per heavy atom. The predicted molar refractivity (Wildman–Crippen MR) is 142 cm³/mol. The third-order valence-electron chi connectivity index (χ3n) is 6.70. The van der Waals surface area contributed by atoms with Crippen LogP contribution in [-0.2, 0) is 25.2 Å². The highest BCUT2D eigenvalue weighted by atomic mass is 32.1. The third kappa shape index (κ3) is 4.29. The maximum absolute atomic E-state index is 14.1. The van der Waals surface area contributed by atoms with Crippen LogP contribution in [0.1, 0.15) is 47.3 Å². The van der Waals surface area contributed by atoms with Crippen molar-refractivity contribution in [3.05, 3.63) is 68.6 Å². The number of aryl methyl sites for hydroxylation is 1. The highest BCUT2D eigenvalue weighted by Crippen LogP contribution is 2.51. The fourth-order valence-electron chi connectivity index (χ4n) is 4.89. The minimum atomic E-state index is -4.55. The van der Waals surface area contributed by atoms with Gasteiger partial charge in [-0.1, -0.05) is 12.1 Å². The summed E-state index contributed by atoms with van der Waals surface area (Å²) in [6, 6.07) is 7.50. The summed E-state index contributed by atoms with van der Waals surface area (Å²) in [5, 5.41) is 14.0. The minimum Gasteiger partial charge on any atom is -0.385 e. The summed E-state index contributed by atoms with van der Waals surface area (Å²) in [4.78, 5) is 31.2. The number of aliphatic hydroxyl groups is 1.